The van der Waals surface area contributed by atoms with Crippen molar-refractivity contribution in [1.29, 1.82) is 0 Å². The van der Waals surface area contributed by atoms with E-state index in [4.69, 9.17) is 5.73 Å². The lowest BCUT2D eigenvalue weighted by molar-refractivity contribution is -0.114. The van der Waals surface area contributed by atoms with Crippen LogP contribution in [0.3, 0.4) is 0 Å². The number of aromatic nitrogens is 1. The van der Waals surface area contributed by atoms with E-state index in [0.717, 1.165) is 5.82 Å². The molecule has 0 aliphatic carbocycles. The molecule has 0 spiro atoms. The molecule has 3 N–H and O–H groups in total. The SMILES string of the molecule is CN(C)c1ccc(NC(=O)CN)cn1. The van der Waals surface area contributed by atoms with Gasteiger partial charge in [0.25, 0.3) is 0 Å². The number of hydrogen-bond donors (Lipinski definition) is 2. The van der Waals surface area contributed by atoms with Crippen LogP contribution in [0.15, 0.2) is 18.3 Å². The molecule has 0 bridgehead atoms. The summed E-state index contributed by atoms with van der Waals surface area (Å²) in [5.74, 6) is 0.625. The molecule has 0 unspecified atom stereocenters. The third-order valence-corrected chi connectivity index (χ3v) is 1.68. The molecule has 1 aromatic rings. The van der Waals surface area contributed by atoms with Gasteiger partial charge in [0, 0.05) is 14.1 Å². The van der Waals surface area contributed by atoms with E-state index in [1.54, 1.807) is 12.3 Å². The topological polar surface area (TPSA) is 71.2 Å². The zero-order valence-electron chi connectivity index (χ0n) is 8.32. The number of nitrogens with one attached hydrogen (secondary N) is 1. The lowest BCUT2D eigenvalue weighted by Gasteiger charge is -2.11. The van der Waals surface area contributed by atoms with Gasteiger partial charge in [-0.25, -0.2) is 4.98 Å². The maximum absolute atomic E-state index is 10.9. The van der Waals surface area contributed by atoms with Crippen molar-refractivity contribution in [2.75, 3.05) is 30.9 Å². The van der Waals surface area contributed by atoms with Crippen LogP contribution in [-0.2, 0) is 4.79 Å². The van der Waals surface area contributed by atoms with Gasteiger partial charge in [0.2, 0.25) is 5.91 Å². The Hall–Kier alpha value is -1.62. The Morgan fingerprint density at radius 3 is 2.71 bits per heavy atom. The summed E-state index contributed by atoms with van der Waals surface area (Å²) in [6.45, 7) is -0.0184. The highest BCUT2D eigenvalue weighted by Gasteiger charge is 2.00. The van der Waals surface area contributed by atoms with E-state index < -0.39 is 0 Å². The van der Waals surface area contributed by atoms with Crippen molar-refractivity contribution in [3.63, 3.8) is 0 Å². The van der Waals surface area contributed by atoms with Crippen LogP contribution in [0.2, 0.25) is 0 Å². The molecule has 1 amide bonds. The summed E-state index contributed by atoms with van der Waals surface area (Å²) in [7, 11) is 3.81. The van der Waals surface area contributed by atoms with E-state index in [9.17, 15) is 4.79 Å². The number of carbonyl (C=O) groups excluding carboxylic acids is 1. The lowest BCUT2D eigenvalue weighted by Crippen LogP contribution is -2.22. The molecule has 0 aliphatic rings. The zero-order valence-corrected chi connectivity index (χ0v) is 8.32. The van der Waals surface area contributed by atoms with Gasteiger partial charge in [-0.15, -0.1) is 0 Å². The number of anilines is 2. The van der Waals surface area contributed by atoms with Gasteiger partial charge >= 0.3 is 0 Å². The van der Waals surface area contributed by atoms with Crippen LogP contribution in [-0.4, -0.2) is 31.5 Å². The number of nitrogens with two attached hydrogens (primary N) is 1. The van der Waals surface area contributed by atoms with Crippen LogP contribution in [0.1, 0.15) is 0 Å². The predicted octanol–water partition coefficient (Wildman–Crippen LogP) is 0.0448. The Balaban J connectivity index is 2.69. The van der Waals surface area contributed by atoms with Crippen molar-refractivity contribution in [2.24, 2.45) is 5.73 Å². The molecule has 0 radical (unpaired) electrons. The second-order valence-corrected chi connectivity index (χ2v) is 3.05. The minimum atomic E-state index is -0.218. The molecule has 1 aromatic heterocycles. The van der Waals surface area contributed by atoms with Crippen molar-refractivity contribution in [3.05, 3.63) is 18.3 Å². The van der Waals surface area contributed by atoms with Crippen LogP contribution in [0.4, 0.5) is 11.5 Å². The van der Waals surface area contributed by atoms with Gasteiger partial charge in [-0.2, -0.15) is 0 Å². The molecule has 0 saturated carbocycles. The van der Waals surface area contributed by atoms with Gasteiger partial charge < -0.3 is 16.0 Å². The average Bonchev–Trinajstić information content (AvgIpc) is 2.18. The Bertz CT molecular complexity index is 307. The molecule has 14 heavy (non-hydrogen) atoms. The molecule has 0 saturated heterocycles. The first-order valence-electron chi connectivity index (χ1n) is 4.27. The van der Waals surface area contributed by atoms with E-state index >= 15 is 0 Å². The summed E-state index contributed by atoms with van der Waals surface area (Å²) in [5.41, 5.74) is 5.82. The van der Waals surface area contributed by atoms with Crippen LogP contribution in [0.5, 0.6) is 0 Å². The molecule has 1 heterocycles. The fourth-order valence-corrected chi connectivity index (χ4v) is 0.937. The molecule has 5 nitrogen and oxygen atoms in total. The molecule has 0 fully saturated rings. The molecule has 0 aromatic carbocycles. The van der Waals surface area contributed by atoms with Crippen molar-refractivity contribution in [2.45, 2.75) is 0 Å². The molecular weight excluding hydrogens is 180 g/mol. The Morgan fingerprint density at radius 2 is 2.29 bits per heavy atom. The Labute approximate surface area is 82.9 Å². The third kappa shape index (κ3) is 2.70. The molecule has 0 aliphatic heterocycles. The number of hydrogen-bond acceptors (Lipinski definition) is 4. The van der Waals surface area contributed by atoms with Gasteiger partial charge in [0.1, 0.15) is 5.82 Å². The lowest BCUT2D eigenvalue weighted by atomic mass is 10.4. The smallest absolute Gasteiger partial charge is 0.238 e. The first-order valence-corrected chi connectivity index (χ1v) is 4.27. The van der Waals surface area contributed by atoms with Gasteiger partial charge in [-0.05, 0) is 12.1 Å². The maximum Gasteiger partial charge on any atom is 0.238 e. The number of amides is 1. The van der Waals surface area contributed by atoms with Gasteiger partial charge in [-0.1, -0.05) is 0 Å². The van der Waals surface area contributed by atoms with Crippen molar-refractivity contribution in [3.8, 4) is 0 Å². The molecule has 1 rings (SSSR count). The van der Waals surface area contributed by atoms with Crippen LogP contribution >= 0.6 is 0 Å². The summed E-state index contributed by atoms with van der Waals surface area (Å²) < 4.78 is 0. The summed E-state index contributed by atoms with van der Waals surface area (Å²) in [6.07, 6.45) is 1.60. The standard InChI is InChI=1S/C9H14N4O/c1-13(2)8-4-3-7(6-11-8)12-9(14)5-10/h3-4,6H,5,10H2,1-2H3,(H,12,14). The van der Waals surface area contributed by atoms with Gasteiger partial charge in [0.05, 0.1) is 18.4 Å². The van der Waals surface area contributed by atoms with E-state index in [1.807, 2.05) is 25.1 Å². The normalized spacial score (nSPS) is 9.64. The van der Waals surface area contributed by atoms with E-state index in [2.05, 4.69) is 10.3 Å². The summed E-state index contributed by atoms with van der Waals surface area (Å²) in [5, 5.41) is 2.61. The molecule has 76 valence electrons. The van der Waals surface area contributed by atoms with Crippen LogP contribution in [0.25, 0.3) is 0 Å². The Morgan fingerprint density at radius 1 is 1.57 bits per heavy atom. The highest BCUT2D eigenvalue weighted by molar-refractivity contribution is 5.91. The van der Waals surface area contributed by atoms with Gasteiger partial charge in [0.15, 0.2) is 0 Å². The molecule has 0 atom stereocenters. The number of carbonyl (C=O) groups is 1. The highest BCUT2D eigenvalue weighted by Crippen LogP contribution is 2.11. The largest absolute Gasteiger partial charge is 0.363 e. The zero-order chi connectivity index (χ0) is 10.6. The first-order chi connectivity index (χ1) is 6.63. The fourth-order valence-electron chi connectivity index (χ4n) is 0.937. The minimum Gasteiger partial charge on any atom is -0.363 e. The van der Waals surface area contributed by atoms with Crippen LogP contribution in [0, 0.1) is 0 Å². The highest BCUT2D eigenvalue weighted by atomic mass is 16.1. The second kappa shape index (κ2) is 4.57. The quantitative estimate of drug-likeness (QED) is 0.713. The Kier molecular flexibility index (Phi) is 3.41. The summed E-state index contributed by atoms with van der Waals surface area (Å²) >= 11 is 0. The van der Waals surface area contributed by atoms with Crippen molar-refractivity contribution >= 4 is 17.4 Å². The predicted molar refractivity (Wildman–Crippen MR) is 56.2 cm³/mol. The third-order valence-electron chi connectivity index (χ3n) is 1.68. The second-order valence-electron chi connectivity index (χ2n) is 3.05. The van der Waals surface area contributed by atoms with E-state index in [-0.39, 0.29) is 12.5 Å². The average molecular weight is 194 g/mol. The van der Waals surface area contributed by atoms with Gasteiger partial charge in [-0.3, -0.25) is 4.79 Å². The fraction of sp³-hybridized carbons (Fsp3) is 0.333. The number of rotatable bonds is 3. The summed E-state index contributed by atoms with van der Waals surface area (Å²) in [4.78, 5) is 16.9. The first kappa shape index (κ1) is 10.5. The van der Waals surface area contributed by atoms with E-state index in [0.29, 0.717) is 5.69 Å². The van der Waals surface area contributed by atoms with Crippen LogP contribution < -0.4 is 16.0 Å². The van der Waals surface area contributed by atoms with Crippen molar-refractivity contribution < 1.29 is 4.79 Å². The molecular formula is C9H14N4O. The van der Waals surface area contributed by atoms with E-state index in [1.165, 1.54) is 0 Å². The number of nitrogens with zero attached hydrogens (tertiary/aromatic N) is 2. The maximum atomic E-state index is 10.9. The van der Waals surface area contributed by atoms with Crippen molar-refractivity contribution in [1.82, 2.24) is 4.98 Å². The molecule has 5 heteroatoms. The monoisotopic (exact) mass is 194 g/mol. The number of pyridine rings is 1. The minimum absolute atomic E-state index is 0.0184. The summed E-state index contributed by atoms with van der Waals surface area (Å²) in [6, 6.07) is 3.61.